The minimum absolute atomic E-state index is 0.0237. The molecule has 0 saturated heterocycles. The molecule has 4 aromatic rings. The normalized spacial score (nSPS) is 13.3. The Balaban J connectivity index is 1.29. The summed E-state index contributed by atoms with van der Waals surface area (Å²) in [6.07, 6.45) is 5.02. The van der Waals surface area contributed by atoms with Crippen LogP contribution in [0.25, 0.3) is 0 Å². The van der Waals surface area contributed by atoms with E-state index in [2.05, 4.69) is 22.2 Å². The lowest BCUT2D eigenvalue weighted by molar-refractivity contribution is 0.0727. The molecule has 0 atom stereocenters. The molecule has 0 N–H and O–H groups in total. The number of amides is 1. The topological polar surface area (TPSA) is 64.2 Å². The van der Waals surface area contributed by atoms with Crippen LogP contribution in [0.4, 0.5) is 0 Å². The van der Waals surface area contributed by atoms with E-state index >= 15 is 0 Å². The van der Waals surface area contributed by atoms with E-state index in [1.807, 2.05) is 64.3 Å². The molecular formula is C24H22N4O2. The molecule has 2 aromatic heterocycles. The molecule has 0 unspecified atom stereocenters. The van der Waals surface area contributed by atoms with Gasteiger partial charge in [-0.3, -0.25) is 9.48 Å². The molecule has 1 aliphatic heterocycles. The first-order valence-corrected chi connectivity index (χ1v) is 10.1. The summed E-state index contributed by atoms with van der Waals surface area (Å²) in [5, 5.41) is 4.24. The maximum absolute atomic E-state index is 13.1. The Morgan fingerprint density at radius 2 is 1.90 bits per heavy atom. The number of hydrogen-bond acceptors (Lipinski definition) is 4. The molecule has 0 bridgehead atoms. The number of benzene rings is 2. The number of carbonyl (C=O) groups excluding carboxylic acids is 1. The fraction of sp³-hybridized carbons (Fsp3) is 0.208. The summed E-state index contributed by atoms with van der Waals surface area (Å²) in [5.74, 6) is 1.63. The molecule has 6 heteroatoms. The van der Waals surface area contributed by atoms with Crippen molar-refractivity contribution in [2.45, 2.75) is 25.9 Å². The highest BCUT2D eigenvalue weighted by molar-refractivity contribution is 5.94. The van der Waals surface area contributed by atoms with E-state index in [1.54, 1.807) is 6.20 Å². The lowest BCUT2D eigenvalue weighted by atomic mass is 10.1. The molecular weight excluding hydrogens is 376 g/mol. The van der Waals surface area contributed by atoms with Crippen molar-refractivity contribution in [3.8, 4) is 0 Å². The van der Waals surface area contributed by atoms with Gasteiger partial charge >= 0.3 is 0 Å². The highest BCUT2D eigenvalue weighted by Crippen LogP contribution is 2.23. The molecule has 0 saturated carbocycles. The van der Waals surface area contributed by atoms with Gasteiger partial charge in [-0.2, -0.15) is 5.10 Å². The molecule has 1 aliphatic rings. The van der Waals surface area contributed by atoms with E-state index in [0.29, 0.717) is 43.9 Å². The second kappa shape index (κ2) is 7.99. The van der Waals surface area contributed by atoms with Gasteiger partial charge in [-0.15, -0.1) is 0 Å². The van der Waals surface area contributed by atoms with Crippen molar-refractivity contribution >= 4 is 5.91 Å². The van der Waals surface area contributed by atoms with Crippen LogP contribution in [0.5, 0.6) is 0 Å². The quantitative estimate of drug-likeness (QED) is 0.514. The van der Waals surface area contributed by atoms with E-state index in [1.165, 1.54) is 0 Å². The summed E-state index contributed by atoms with van der Waals surface area (Å²) < 4.78 is 7.81. The van der Waals surface area contributed by atoms with Crippen LogP contribution in [0.1, 0.15) is 38.8 Å². The lowest BCUT2D eigenvalue weighted by Crippen LogP contribution is -2.35. The van der Waals surface area contributed by atoms with Crippen molar-refractivity contribution in [3.05, 3.63) is 107 Å². The highest BCUT2D eigenvalue weighted by atomic mass is 16.4. The zero-order valence-corrected chi connectivity index (χ0v) is 16.6. The Bertz CT molecular complexity index is 1150. The van der Waals surface area contributed by atoms with Crippen molar-refractivity contribution in [2.75, 3.05) is 6.54 Å². The zero-order chi connectivity index (χ0) is 20.3. The van der Waals surface area contributed by atoms with E-state index in [4.69, 9.17) is 4.42 Å². The number of hydrogen-bond donors (Lipinski definition) is 0. The first-order valence-electron chi connectivity index (χ1n) is 10.1. The van der Waals surface area contributed by atoms with E-state index < -0.39 is 0 Å². The summed E-state index contributed by atoms with van der Waals surface area (Å²) in [6.45, 7) is 1.76. The molecule has 0 spiro atoms. The van der Waals surface area contributed by atoms with E-state index in [0.717, 1.165) is 22.6 Å². The SMILES string of the molecule is O=C(c1cccc(Cn2cccn2)c1)N1CCc2oc(Cc3ccccc3)nc2C1. The van der Waals surface area contributed by atoms with Gasteiger partial charge in [-0.1, -0.05) is 42.5 Å². The minimum atomic E-state index is 0.0237. The molecule has 5 rings (SSSR count). The molecule has 0 radical (unpaired) electrons. The monoisotopic (exact) mass is 398 g/mol. The molecule has 6 nitrogen and oxygen atoms in total. The van der Waals surface area contributed by atoms with Crippen LogP contribution in [0.2, 0.25) is 0 Å². The van der Waals surface area contributed by atoms with Gasteiger partial charge in [-0.25, -0.2) is 4.98 Å². The number of fused-ring (bicyclic) bond motifs is 1. The van der Waals surface area contributed by atoms with Crippen molar-refractivity contribution in [2.24, 2.45) is 0 Å². The van der Waals surface area contributed by atoms with Crippen LogP contribution in [0.15, 0.2) is 77.5 Å². The van der Waals surface area contributed by atoms with E-state index in [-0.39, 0.29) is 5.91 Å². The summed E-state index contributed by atoms with van der Waals surface area (Å²) in [5.41, 5.74) is 3.77. The predicted molar refractivity (Wildman–Crippen MR) is 112 cm³/mol. The largest absolute Gasteiger partial charge is 0.445 e. The Kier molecular flexibility index (Phi) is 4.89. The van der Waals surface area contributed by atoms with Crippen molar-refractivity contribution < 1.29 is 9.21 Å². The Morgan fingerprint density at radius 1 is 1.03 bits per heavy atom. The van der Waals surface area contributed by atoms with Gasteiger partial charge in [0.05, 0.1) is 13.1 Å². The summed E-state index contributed by atoms with van der Waals surface area (Å²) in [4.78, 5) is 19.6. The van der Waals surface area contributed by atoms with Gasteiger partial charge in [0.25, 0.3) is 5.91 Å². The number of carbonyl (C=O) groups is 1. The highest BCUT2D eigenvalue weighted by Gasteiger charge is 2.26. The zero-order valence-electron chi connectivity index (χ0n) is 16.6. The second-order valence-corrected chi connectivity index (χ2v) is 7.52. The van der Waals surface area contributed by atoms with Gasteiger partial charge in [-0.05, 0) is 29.3 Å². The third kappa shape index (κ3) is 3.89. The van der Waals surface area contributed by atoms with E-state index in [9.17, 15) is 4.79 Å². The van der Waals surface area contributed by atoms with Crippen LogP contribution in [-0.2, 0) is 25.9 Å². The van der Waals surface area contributed by atoms with Gasteiger partial charge < -0.3 is 9.32 Å². The van der Waals surface area contributed by atoms with Crippen LogP contribution >= 0.6 is 0 Å². The first kappa shape index (κ1) is 18.4. The van der Waals surface area contributed by atoms with Crippen LogP contribution in [0, 0.1) is 0 Å². The van der Waals surface area contributed by atoms with Crippen molar-refractivity contribution in [1.82, 2.24) is 19.7 Å². The number of aromatic nitrogens is 3. The minimum Gasteiger partial charge on any atom is -0.445 e. The van der Waals surface area contributed by atoms with Gasteiger partial charge in [0, 0.05) is 37.3 Å². The maximum atomic E-state index is 13.1. The Morgan fingerprint density at radius 3 is 2.73 bits per heavy atom. The molecule has 0 fully saturated rings. The maximum Gasteiger partial charge on any atom is 0.254 e. The lowest BCUT2D eigenvalue weighted by Gasteiger charge is -2.25. The second-order valence-electron chi connectivity index (χ2n) is 7.52. The van der Waals surface area contributed by atoms with Crippen molar-refractivity contribution in [3.63, 3.8) is 0 Å². The average Bonchev–Trinajstić information content (AvgIpc) is 3.43. The van der Waals surface area contributed by atoms with Crippen molar-refractivity contribution in [1.29, 1.82) is 0 Å². The Hall–Kier alpha value is -3.67. The van der Waals surface area contributed by atoms with Gasteiger partial charge in [0.1, 0.15) is 11.5 Å². The van der Waals surface area contributed by atoms with Gasteiger partial charge in [0.15, 0.2) is 5.89 Å². The van der Waals surface area contributed by atoms with Crippen LogP contribution in [0.3, 0.4) is 0 Å². The fourth-order valence-corrected chi connectivity index (χ4v) is 3.84. The van der Waals surface area contributed by atoms with Crippen LogP contribution < -0.4 is 0 Å². The first-order chi connectivity index (χ1) is 14.7. The van der Waals surface area contributed by atoms with Gasteiger partial charge in [0.2, 0.25) is 0 Å². The molecule has 30 heavy (non-hydrogen) atoms. The Labute approximate surface area is 174 Å². The summed E-state index contributed by atoms with van der Waals surface area (Å²) in [7, 11) is 0. The fourth-order valence-electron chi connectivity index (χ4n) is 3.84. The third-order valence-corrected chi connectivity index (χ3v) is 5.34. The molecule has 150 valence electrons. The third-order valence-electron chi connectivity index (χ3n) is 5.34. The average molecular weight is 398 g/mol. The molecule has 2 aromatic carbocycles. The molecule has 3 heterocycles. The smallest absolute Gasteiger partial charge is 0.254 e. The summed E-state index contributed by atoms with van der Waals surface area (Å²) >= 11 is 0. The number of oxazole rings is 1. The molecule has 1 amide bonds. The number of rotatable bonds is 5. The standard InChI is InChI=1S/C24H22N4O2/c29-24(20-9-4-8-19(14-20)16-28-12-5-11-25-28)27-13-10-22-21(17-27)26-23(30-22)15-18-6-2-1-3-7-18/h1-9,11-12,14H,10,13,15-17H2. The predicted octanol–water partition coefficient (Wildman–Crippen LogP) is 3.71. The molecule has 0 aliphatic carbocycles. The van der Waals surface area contributed by atoms with Crippen LogP contribution in [-0.4, -0.2) is 32.1 Å². The summed E-state index contributed by atoms with van der Waals surface area (Å²) in [6, 6.07) is 19.8. The number of nitrogens with zero attached hydrogens (tertiary/aromatic N) is 4.